The van der Waals surface area contributed by atoms with Crippen LogP contribution in [-0.2, 0) is 20.9 Å². The van der Waals surface area contributed by atoms with Crippen LogP contribution in [0.25, 0.3) is 0 Å². The van der Waals surface area contributed by atoms with Gasteiger partial charge in [-0.05, 0) is 25.3 Å². The van der Waals surface area contributed by atoms with Crippen LogP contribution in [0.4, 0.5) is 13.6 Å². The van der Waals surface area contributed by atoms with Crippen LogP contribution in [-0.4, -0.2) is 42.6 Å². The number of nitrogens with zero attached hydrogens (tertiary/aromatic N) is 1. The van der Waals surface area contributed by atoms with E-state index in [9.17, 15) is 18.4 Å². The second-order valence-corrected chi connectivity index (χ2v) is 6.61. The van der Waals surface area contributed by atoms with E-state index in [-0.39, 0.29) is 19.8 Å². The van der Waals surface area contributed by atoms with Gasteiger partial charge in [-0.15, -0.1) is 0 Å². The summed E-state index contributed by atoms with van der Waals surface area (Å²) in [6.45, 7) is 0.900. The van der Waals surface area contributed by atoms with Crippen LogP contribution < -0.4 is 0 Å². The van der Waals surface area contributed by atoms with E-state index < -0.39 is 35.9 Å². The maximum absolute atomic E-state index is 14.5. The molecule has 1 saturated heterocycles. The molecule has 5 nitrogen and oxygen atoms in total. The minimum Gasteiger partial charge on any atom is -0.466 e. The highest BCUT2D eigenvalue weighted by Crippen LogP contribution is 2.59. The number of amides is 1. The summed E-state index contributed by atoms with van der Waals surface area (Å²) in [5, 5.41) is 0. The average molecular weight is 353 g/mol. The van der Waals surface area contributed by atoms with Crippen LogP contribution in [0.3, 0.4) is 0 Å². The average Bonchev–Trinajstić information content (AvgIpc) is 3.32. The SMILES string of the molecule is CCOC(=O)C1([C@@H]2CN(C(=O)OCc3ccccc3)CC2(F)F)CC1. The molecule has 1 aromatic rings. The molecule has 1 saturated carbocycles. The monoisotopic (exact) mass is 353 g/mol. The first-order valence-electron chi connectivity index (χ1n) is 8.40. The number of hydrogen-bond donors (Lipinski definition) is 0. The third-order valence-corrected chi connectivity index (χ3v) is 4.92. The van der Waals surface area contributed by atoms with Gasteiger partial charge in [-0.25, -0.2) is 13.6 Å². The zero-order chi connectivity index (χ0) is 18.1. The minimum absolute atomic E-state index is 0.0232. The number of hydrogen-bond acceptors (Lipinski definition) is 4. The first-order chi connectivity index (χ1) is 11.9. The van der Waals surface area contributed by atoms with Gasteiger partial charge in [-0.2, -0.15) is 0 Å². The zero-order valence-corrected chi connectivity index (χ0v) is 14.0. The Balaban J connectivity index is 1.63. The van der Waals surface area contributed by atoms with Gasteiger partial charge in [0.1, 0.15) is 6.61 Å². The zero-order valence-electron chi connectivity index (χ0n) is 14.0. The molecule has 1 amide bonds. The summed E-state index contributed by atoms with van der Waals surface area (Å²) in [6, 6.07) is 9.02. The summed E-state index contributed by atoms with van der Waals surface area (Å²) in [7, 11) is 0. The number of rotatable bonds is 5. The fourth-order valence-electron chi connectivity index (χ4n) is 3.42. The maximum Gasteiger partial charge on any atom is 0.410 e. The van der Waals surface area contributed by atoms with E-state index in [2.05, 4.69) is 0 Å². The Hall–Kier alpha value is -2.18. The van der Waals surface area contributed by atoms with Crippen molar-refractivity contribution in [1.29, 1.82) is 0 Å². The van der Waals surface area contributed by atoms with Gasteiger partial charge in [0, 0.05) is 6.54 Å². The second kappa shape index (κ2) is 6.61. The minimum atomic E-state index is -3.13. The lowest BCUT2D eigenvalue weighted by Gasteiger charge is -2.25. The normalized spacial score (nSPS) is 23.2. The molecule has 7 heteroatoms. The summed E-state index contributed by atoms with van der Waals surface area (Å²) in [6.07, 6.45) is -0.0384. The number of esters is 1. The fourth-order valence-corrected chi connectivity index (χ4v) is 3.42. The van der Waals surface area contributed by atoms with Crippen LogP contribution >= 0.6 is 0 Å². The molecule has 1 aliphatic carbocycles. The molecule has 136 valence electrons. The molecule has 2 aliphatic rings. The third-order valence-electron chi connectivity index (χ3n) is 4.92. The number of carbonyl (C=O) groups is 2. The molecule has 1 aromatic carbocycles. The van der Waals surface area contributed by atoms with Crippen molar-refractivity contribution in [3.63, 3.8) is 0 Å². The quantitative estimate of drug-likeness (QED) is 0.763. The Bertz CT molecular complexity index is 646. The van der Waals surface area contributed by atoms with Crippen molar-refractivity contribution >= 4 is 12.1 Å². The third kappa shape index (κ3) is 3.45. The van der Waals surface area contributed by atoms with Gasteiger partial charge in [0.2, 0.25) is 0 Å². The van der Waals surface area contributed by atoms with Crippen molar-refractivity contribution in [3.8, 4) is 0 Å². The van der Waals surface area contributed by atoms with Gasteiger partial charge in [-0.3, -0.25) is 4.79 Å². The number of carbonyl (C=O) groups excluding carboxylic acids is 2. The second-order valence-electron chi connectivity index (χ2n) is 6.61. The van der Waals surface area contributed by atoms with Crippen molar-refractivity contribution < 1.29 is 27.8 Å². The number of halogens is 2. The van der Waals surface area contributed by atoms with Crippen molar-refractivity contribution in [2.24, 2.45) is 11.3 Å². The van der Waals surface area contributed by atoms with Gasteiger partial charge in [0.15, 0.2) is 0 Å². The van der Waals surface area contributed by atoms with Crippen LogP contribution in [0.5, 0.6) is 0 Å². The number of likely N-dealkylation sites (tertiary alicyclic amines) is 1. The van der Waals surface area contributed by atoms with Crippen LogP contribution in [0, 0.1) is 11.3 Å². The highest BCUT2D eigenvalue weighted by atomic mass is 19.3. The summed E-state index contributed by atoms with van der Waals surface area (Å²) in [4.78, 5) is 25.2. The smallest absolute Gasteiger partial charge is 0.410 e. The van der Waals surface area contributed by atoms with Gasteiger partial charge in [-0.1, -0.05) is 30.3 Å². The summed E-state index contributed by atoms with van der Waals surface area (Å²) in [5.74, 6) is -4.93. The van der Waals surface area contributed by atoms with Crippen LogP contribution in [0.2, 0.25) is 0 Å². The Kier molecular flexibility index (Phi) is 4.67. The standard InChI is InChI=1S/C18H21F2NO4/c1-2-24-15(22)17(8-9-17)14-10-21(12-18(14,19)20)16(23)25-11-13-6-4-3-5-7-13/h3-7,14H,2,8-12H2,1H3/t14-/m0/s1. The van der Waals surface area contributed by atoms with Crippen LogP contribution in [0.1, 0.15) is 25.3 Å². The molecule has 2 fully saturated rings. The lowest BCUT2D eigenvalue weighted by atomic mass is 9.86. The fraction of sp³-hybridized carbons (Fsp3) is 0.556. The summed E-state index contributed by atoms with van der Waals surface area (Å²) in [5.41, 5.74) is -0.378. The lowest BCUT2D eigenvalue weighted by molar-refractivity contribution is -0.158. The van der Waals surface area contributed by atoms with Crippen molar-refractivity contribution in [2.75, 3.05) is 19.7 Å². The predicted octanol–water partition coefficient (Wildman–Crippen LogP) is 3.23. The van der Waals surface area contributed by atoms with E-state index in [1.165, 1.54) is 0 Å². The Labute approximate surface area is 144 Å². The highest BCUT2D eigenvalue weighted by Gasteiger charge is 2.68. The molecule has 25 heavy (non-hydrogen) atoms. The molecule has 1 atom stereocenters. The molecule has 0 bridgehead atoms. The molecule has 1 aliphatic heterocycles. The highest BCUT2D eigenvalue weighted by molar-refractivity contribution is 5.81. The van der Waals surface area contributed by atoms with Gasteiger partial charge in [0.05, 0.1) is 24.5 Å². The van der Waals surface area contributed by atoms with E-state index in [4.69, 9.17) is 9.47 Å². The van der Waals surface area contributed by atoms with Gasteiger partial charge >= 0.3 is 12.1 Å². The summed E-state index contributed by atoms with van der Waals surface area (Å²) >= 11 is 0. The first-order valence-corrected chi connectivity index (χ1v) is 8.40. The van der Waals surface area contributed by atoms with Crippen LogP contribution in [0.15, 0.2) is 30.3 Å². The molecule has 0 aromatic heterocycles. The molecular weight excluding hydrogens is 332 g/mol. The number of ether oxygens (including phenoxy) is 2. The maximum atomic E-state index is 14.5. The van der Waals surface area contributed by atoms with E-state index in [0.29, 0.717) is 12.8 Å². The molecule has 0 radical (unpaired) electrons. The predicted molar refractivity (Wildman–Crippen MR) is 84.9 cm³/mol. The van der Waals surface area contributed by atoms with Gasteiger partial charge in [0.25, 0.3) is 5.92 Å². The van der Waals surface area contributed by atoms with E-state index >= 15 is 0 Å². The van der Waals surface area contributed by atoms with E-state index in [1.807, 2.05) is 6.07 Å². The number of alkyl halides is 2. The Morgan fingerprint density at radius 1 is 1.20 bits per heavy atom. The number of benzene rings is 1. The topological polar surface area (TPSA) is 55.8 Å². The lowest BCUT2D eigenvalue weighted by Crippen LogP contribution is -2.39. The molecular formula is C18H21F2NO4. The largest absolute Gasteiger partial charge is 0.466 e. The molecule has 0 N–H and O–H groups in total. The molecule has 0 spiro atoms. The summed E-state index contributed by atoms with van der Waals surface area (Å²) < 4.78 is 39.0. The molecule has 1 heterocycles. The Morgan fingerprint density at radius 2 is 1.88 bits per heavy atom. The van der Waals surface area contributed by atoms with E-state index in [1.54, 1.807) is 31.2 Å². The first kappa shape index (κ1) is 17.6. The van der Waals surface area contributed by atoms with Gasteiger partial charge < -0.3 is 14.4 Å². The van der Waals surface area contributed by atoms with Crippen molar-refractivity contribution in [1.82, 2.24) is 4.90 Å². The Morgan fingerprint density at radius 3 is 2.48 bits per heavy atom. The molecule has 0 unspecified atom stereocenters. The van der Waals surface area contributed by atoms with Crippen molar-refractivity contribution in [2.45, 2.75) is 32.3 Å². The van der Waals surface area contributed by atoms with E-state index in [0.717, 1.165) is 10.5 Å². The van der Waals surface area contributed by atoms with Crippen molar-refractivity contribution in [3.05, 3.63) is 35.9 Å². The molecule has 3 rings (SSSR count).